The van der Waals surface area contributed by atoms with Crippen molar-refractivity contribution in [3.63, 3.8) is 0 Å². The Morgan fingerprint density at radius 3 is 1.68 bits per heavy atom. The average Bonchev–Trinajstić information content (AvgIpc) is 2.26. The summed E-state index contributed by atoms with van der Waals surface area (Å²) in [6, 6.07) is 1.07. The first-order valence-electron chi connectivity index (χ1n) is 5.58. The lowest BCUT2D eigenvalue weighted by molar-refractivity contribution is -0.143. The van der Waals surface area contributed by atoms with Crippen molar-refractivity contribution in [2.24, 2.45) is 5.73 Å². The third kappa shape index (κ3) is 4.41. The first-order chi connectivity index (χ1) is 8.54. The third-order valence-corrected chi connectivity index (χ3v) is 2.67. The number of halogens is 6. The normalized spacial score (nSPS) is 14.5. The van der Waals surface area contributed by atoms with Gasteiger partial charge < -0.3 is 5.73 Å². The van der Waals surface area contributed by atoms with Gasteiger partial charge in [-0.1, -0.05) is 6.92 Å². The smallest absolute Gasteiger partial charge is 0.327 e. The maximum absolute atomic E-state index is 12.6. The summed E-state index contributed by atoms with van der Waals surface area (Å²) in [6.45, 7) is 1.71. The molecule has 2 N–H and O–H groups in total. The molecule has 1 atom stereocenters. The Bertz CT molecular complexity index is 403. The molecule has 7 heteroatoms. The molecule has 0 aromatic heterocycles. The van der Waals surface area contributed by atoms with Gasteiger partial charge in [0.2, 0.25) is 0 Å². The second-order valence-electron chi connectivity index (χ2n) is 4.29. The van der Waals surface area contributed by atoms with Gasteiger partial charge in [0.15, 0.2) is 0 Å². The van der Waals surface area contributed by atoms with E-state index in [0.29, 0.717) is 18.6 Å². The summed E-state index contributed by atoms with van der Waals surface area (Å²) in [5, 5.41) is 0. The molecule has 0 heterocycles. The Kier molecular flexibility index (Phi) is 4.50. The van der Waals surface area contributed by atoms with Crippen molar-refractivity contribution < 1.29 is 26.3 Å². The fraction of sp³-hybridized carbons (Fsp3) is 0.500. The molecule has 0 aliphatic carbocycles. The number of hydrogen-bond acceptors (Lipinski definition) is 1. The monoisotopic (exact) mass is 285 g/mol. The van der Waals surface area contributed by atoms with E-state index < -0.39 is 29.5 Å². The lowest BCUT2D eigenvalue weighted by Crippen LogP contribution is -2.22. The van der Waals surface area contributed by atoms with Gasteiger partial charge in [-0.3, -0.25) is 0 Å². The van der Waals surface area contributed by atoms with E-state index in [-0.39, 0.29) is 18.1 Å². The number of nitrogens with two attached hydrogens (primary N) is 1. The molecule has 0 aliphatic rings. The van der Waals surface area contributed by atoms with Crippen LogP contribution in [0.15, 0.2) is 18.2 Å². The van der Waals surface area contributed by atoms with Crippen LogP contribution in [-0.4, -0.2) is 6.04 Å². The standard InChI is InChI=1S/C12H13F6N/c1-2-10(19)5-7-3-8(11(13,14)15)6-9(4-7)12(16,17)18/h3-4,6,10H,2,5,19H2,1H3. The highest BCUT2D eigenvalue weighted by Crippen LogP contribution is 2.36. The predicted octanol–water partition coefficient (Wildman–Crippen LogP) is 4.00. The average molecular weight is 285 g/mol. The molecule has 1 unspecified atom stereocenters. The molecule has 1 rings (SSSR count). The number of benzene rings is 1. The van der Waals surface area contributed by atoms with Gasteiger partial charge in [-0.2, -0.15) is 26.3 Å². The Labute approximate surface area is 106 Å². The van der Waals surface area contributed by atoms with E-state index >= 15 is 0 Å². The van der Waals surface area contributed by atoms with Gasteiger partial charge in [0.1, 0.15) is 0 Å². The Morgan fingerprint density at radius 2 is 1.37 bits per heavy atom. The summed E-state index contributed by atoms with van der Waals surface area (Å²) in [7, 11) is 0. The molecule has 0 fully saturated rings. The fourth-order valence-corrected chi connectivity index (χ4v) is 1.58. The van der Waals surface area contributed by atoms with Gasteiger partial charge in [-0.25, -0.2) is 0 Å². The zero-order valence-corrected chi connectivity index (χ0v) is 10.1. The van der Waals surface area contributed by atoms with Crippen LogP contribution >= 0.6 is 0 Å². The third-order valence-electron chi connectivity index (χ3n) is 2.67. The van der Waals surface area contributed by atoms with Gasteiger partial charge in [0.05, 0.1) is 11.1 Å². The van der Waals surface area contributed by atoms with E-state index in [4.69, 9.17) is 5.73 Å². The Balaban J connectivity index is 3.25. The van der Waals surface area contributed by atoms with Crippen molar-refractivity contribution in [2.75, 3.05) is 0 Å². The topological polar surface area (TPSA) is 26.0 Å². The molecule has 19 heavy (non-hydrogen) atoms. The fourth-order valence-electron chi connectivity index (χ4n) is 1.58. The van der Waals surface area contributed by atoms with Crippen molar-refractivity contribution in [2.45, 2.75) is 38.2 Å². The van der Waals surface area contributed by atoms with E-state index in [1.165, 1.54) is 0 Å². The highest BCUT2D eigenvalue weighted by Gasteiger charge is 2.36. The highest BCUT2D eigenvalue weighted by molar-refractivity contribution is 5.34. The summed E-state index contributed by atoms with van der Waals surface area (Å²) in [5.41, 5.74) is 2.89. The van der Waals surface area contributed by atoms with E-state index in [1.807, 2.05) is 0 Å². The zero-order valence-electron chi connectivity index (χ0n) is 10.1. The molecule has 108 valence electrons. The summed E-state index contributed by atoms with van der Waals surface area (Å²) in [5.74, 6) is 0. The van der Waals surface area contributed by atoms with Crippen molar-refractivity contribution in [1.29, 1.82) is 0 Å². The molecule has 0 amide bonds. The van der Waals surface area contributed by atoms with Crippen LogP contribution in [-0.2, 0) is 18.8 Å². The molecule has 0 saturated heterocycles. The van der Waals surface area contributed by atoms with E-state index in [1.54, 1.807) is 6.92 Å². The van der Waals surface area contributed by atoms with E-state index in [2.05, 4.69) is 0 Å². The van der Waals surface area contributed by atoms with Crippen LogP contribution in [0.4, 0.5) is 26.3 Å². The highest BCUT2D eigenvalue weighted by atomic mass is 19.4. The van der Waals surface area contributed by atoms with Crippen LogP contribution < -0.4 is 5.73 Å². The molecule has 0 saturated carbocycles. The van der Waals surface area contributed by atoms with Crippen molar-refractivity contribution >= 4 is 0 Å². The number of hydrogen-bond donors (Lipinski definition) is 1. The van der Waals surface area contributed by atoms with E-state index in [9.17, 15) is 26.3 Å². The molecule has 0 aliphatic heterocycles. The molecule has 1 nitrogen and oxygen atoms in total. The largest absolute Gasteiger partial charge is 0.416 e. The molecular weight excluding hydrogens is 272 g/mol. The SMILES string of the molecule is CCC(N)Cc1cc(C(F)(F)F)cc(C(F)(F)F)c1. The molecule has 0 spiro atoms. The number of alkyl halides is 6. The zero-order chi connectivity index (χ0) is 14.8. The maximum Gasteiger partial charge on any atom is 0.416 e. The summed E-state index contributed by atoms with van der Waals surface area (Å²) in [4.78, 5) is 0. The first-order valence-corrected chi connectivity index (χ1v) is 5.58. The lowest BCUT2D eigenvalue weighted by Gasteiger charge is -2.15. The Morgan fingerprint density at radius 1 is 0.947 bits per heavy atom. The van der Waals surface area contributed by atoms with Gasteiger partial charge in [-0.05, 0) is 36.6 Å². The van der Waals surface area contributed by atoms with E-state index in [0.717, 1.165) is 0 Å². The van der Waals surface area contributed by atoms with Gasteiger partial charge in [-0.15, -0.1) is 0 Å². The second-order valence-corrected chi connectivity index (χ2v) is 4.29. The first kappa shape index (κ1) is 15.8. The molecule has 0 radical (unpaired) electrons. The lowest BCUT2D eigenvalue weighted by atomic mass is 9.99. The minimum Gasteiger partial charge on any atom is -0.327 e. The summed E-state index contributed by atoms with van der Waals surface area (Å²) >= 11 is 0. The van der Waals surface area contributed by atoms with Crippen LogP contribution in [0.2, 0.25) is 0 Å². The van der Waals surface area contributed by atoms with Crippen LogP contribution in [0.3, 0.4) is 0 Å². The minimum atomic E-state index is -4.81. The predicted molar refractivity (Wildman–Crippen MR) is 58.4 cm³/mol. The molecule has 1 aromatic carbocycles. The Hall–Kier alpha value is -1.24. The maximum atomic E-state index is 12.6. The van der Waals surface area contributed by atoms with Gasteiger partial charge in [0, 0.05) is 6.04 Å². The van der Waals surface area contributed by atoms with Crippen LogP contribution in [0.5, 0.6) is 0 Å². The summed E-state index contributed by atoms with van der Waals surface area (Å²) < 4.78 is 75.3. The molecular formula is C12H13F6N. The second kappa shape index (κ2) is 5.40. The van der Waals surface area contributed by atoms with Crippen molar-refractivity contribution in [1.82, 2.24) is 0 Å². The summed E-state index contributed by atoms with van der Waals surface area (Å²) in [6.07, 6.45) is -9.18. The molecule has 1 aromatic rings. The van der Waals surface area contributed by atoms with Gasteiger partial charge in [0.25, 0.3) is 0 Å². The molecule has 0 bridgehead atoms. The van der Waals surface area contributed by atoms with Crippen LogP contribution in [0, 0.1) is 0 Å². The van der Waals surface area contributed by atoms with Crippen LogP contribution in [0.25, 0.3) is 0 Å². The van der Waals surface area contributed by atoms with Crippen molar-refractivity contribution in [3.05, 3.63) is 34.9 Å². The van der Waals surface area contributed by atoms with Crippen molar-refractivity contribution in [3.8, 4) is 0 Å². The van der Waals surface area contributed by atoms with Crippen LogP contribution in [0.1, 0.15) is 30.0 Å². The minimum absolute atomic E-state index is 0.0243. The quantitative estimate of drug-likeness (QED) is 0.834. The number of rotatable bonds is 3. The van der Waals surface area contributed by atoms with Gasteiger partial charge >= 0.3 is 12.4 Å².